The first-order valence-electron chi connectivity index (χ1n) is 10.6. The van der Waals surface area contributed by atoms with Crippen molar-refractivity contribution in [3.05, 3.63) is 111 Å². The molecule has 0 saturated carbocycles. The lowest BCUT2D eigenvalue weighted by Crippen LogP contribution is -2.30. The van der Waals surface area contributed by atoms with Crippen LogP contribution in [0, 0.1) is 25.2 Å². The maximum Gasteiger partial charge on any atom is 0.279 e. The van der Waals surface area contributed by atoms with Gasteiger partial charge < -0.3 is 8.98 Å². The van der Waals surface area contributed by atoms with Crippen LogP contribution >= 0.6 is 0 Å². The van der Waals surface area contributed by atoms with Gasteiger partial charge in [0.15, 0.2) is 5.49 Å². The molecule has 0 radical (unpaired) electrons. The lowest BCUT2D eigenvalue weighted by atomic mass is 10.1. The highest BCUT2D eigenvalue weighted by molar-refractivity contribution is 5.96. The molecule has 0 fully saturated rings. The minimum absolute atomic E-state index is 0.0903. The predicted octanol–water partition coefficient (Wildman–Crippen LogP) is 3.52. The molecule has 166 valence electrons. The second-order valence-electron chi connectivity index (χ2n) is 7.93. The Bertz CT molecular complexity index is 1750. The normalized spacial score (nSPS) is 11.7. The summed E-state index contributed by atoms with van der Waals surface area (Å²) < 4.78 is 8.57. The van der Waals surface area contributed by atoms with Crippen molar-refractivity contribution in [3.8, 4) is 6.07 Å². The zero-order valence-corrected chi connectivity index (χ0v) is 18.5. The summed E-state index contributed by atoms with van der Waals surface area (Å²) >= 11 is 0. The highest BCUT2D eigenvalue weighted by Gasteiger charge is 2.17. The van der Waals surface area contributed by atoms with Crippen LogP contribution in [0.4, 0.5) is 0 Å². The van der Waals surface area contributed by atoms with E-state index in [0.29, 0.717) is 22.6 Å². The Hall–Kier alpha value is -4.77. The molecule has 34 heavy (non-hydrogen) atoms. The van der Waals surface area contributed by atoms with Crippen LogP contribution in [0.5, 0.6) is 0 Å². The van der Waals surface area contributed by atoms with E-state index in [4.69, 9.17) is 9.40 Å². The van der Waals surface area contributed by atoms with E-state index in [1.54, 1.807) is 41.1 Å². The van der Waals surface area contributed by atoms with E-state index in [2.05, 4.69) is 11.1 Å². The van der Waals surface area contributed by atoms with E-state index in [9.17, 15) is 14.9 Å². The van der Waals surface area contributed by atoms with Gasteiger partial charge in [-0.2, -0.15) is 10.3 Å². The molecule has 0 bridgehead atoms. The number of nitrogens with zero attached hydrogens (tertiary/aromatic N) is 5. The third kappa shape index (κ3) is 3.49. The van der Waals surface area contributed by atoms with Crippen molar-refractivity contribution < 1.29 is 9.21 Å². The summed E-state index contributed by atoms with van der Waals surface area (Å²) in [5, 5.41) is 10.2. The SMILES string of the molecule is Cc1ccccc1C(=O)N=c1c(C#N)cc2c(=O)n3cccc(C)c3nc2n1Cc1ccco1. The van der Waals surface area contributed by atoms with Crippen molar-refractivity contribution in [2.24, 2.45) is 4.99 Å². The fraction of sp³-hybridized carbons (Fsp3) is 0.115. The summed E-state index contributed by atoms with van der Waals surface area (Å²) in [5.74, 6) is 0.0730. The standard InChI is InChI=1S/C26H19N5O3/c1-16-7-3-4-10-20(16)25(32)29-23-18(14-27)13-21-24(31(23)15-19-9-6-12-34-19)28-22-17(2)8-5-11-30(22)26(21)33/h3-13H,15H2,1-2H3. The van der Waals surface area contributed by atoms with Crippen LogP contribution in [0.25, 0.3) is 16.7 Å². The number of amides is 1. The Labute approximate surface area is 193 Å². The number of pyridine rings is 2. The van der Waals surface area contributed by atoms with Gasteiger partial charge in [0.05, 0.1) is 23.8 Å². The maximum atomic E-state index is 13.3. The predicted molar refractivity (Wildman–Crippen MR) is 125 cm³/mol. The van der Waals surface area contributed by atoms with Crippen LogP contribution in [0.2, 0.25) is 0 Å². The van der Waals surface area contributed by atoms with E-state index in [-0.39, 0.29) is 28.5 Å². The van der Waals surface area contributed by atoms with Crippen molar-refractivity contribution in [1.82, 2.24) is 14.0 Å². The smallest absolute Gasteiger partial charge is 0.279 e. The molecule has 0 unspecified atom stereocenters. The number of aromatic nitrogens is 3. The molecule has 0 saturated heterocycles. The van der Waals surface area contributed by atoms with E-state index in [1.807, 2.05) is 32.0 Å². The van der Waals surface area contributed by atoms with Gasteiger partial charge in [-0.15, -0.1) is 0 Å². The molecule has 0 N–H and O–H groups in total. The summed E-state index contributed by atoms with van der Waals surface area (Å²) in [6.07, 6.45) is 3.17. The number of benzene rings is 1. The van der Waals surface area contributed by atoms with Crippen LogP contribution < -0.4 is 11.0 Å². The summed E-state index contributed by atoms with van der Waals surface area (Å²) in [7, 11) is 0. The minimum atomic E-state index is -0.490. The van der Waals surface area contributed by atoms with Gasteiger partial charge in [-0.25, -0.2) is 4.98 Å². The number of carbonyl (C=O) groups excluding carboxylic acids is 1. The number of aryl methyl sites for hydroxylation is 2. The van der Waals surface area contributed by atoms with Gasteiger partial charge >= 0.3 is 0 Å². The highest BCUT2D eigenvalue weighted by atomic mass is 16.3. The number of furan rings is 1. The Balaban J connectivity index is 1.91. The van der Waals surface area contributed by atoms with Crippen LogP contribution in [-0.2, 0) is 6.54 Å². The molecule has 8 heteroatoms. The Morgan fingerprint density at radius 1 is 1.09 bits per heavy atom. The Morgan fingerprint density at radius 2 is 1.88 bits per heavy atom. The van der Waals surface area contributed by atoms with Gasteiger partial charge in [0.1, 0.15) is 23.1 Å². The summed E-state index contributed by atoms with van der Waals surface area (Å²) in [6.45, 7) is 3.82. The van der Waals surface area contributed by atoms with Crippen LogP contribution in [0.1, 0.15) is 32.8 Å². The van der Waals surface area contributed by atoms with Gasteiger partial charge in [0.25, 0.3) is 11.5 Å². The van der Waals surface area contributed by atoms with Crippen LogP contribution in [-0.4, -0.2) is 19.9 Å². The molecule has 5 aromatic rings. The summed E-state index contributed by atoms with van der Waals surface area (Å²) in [6, 6.07) is 17.8. The molecule has 0 aliphatic carbocycles. The molecule has 4 aromatic heterocycles. The zero-order valence-electron chi connectivity index (χ0n) is 18.5. The molecule has 0 aliphatic heterocycles. The number of nitriles is 1. The third-order valence-corrected chi connectivity index (χ3v) is 5.70. The van der Waals surface area contributed by atoms with Gasteiger partial charge in [0.2, 0.25) is 0 Å². The fourth-order valence-corrected chi connectivity index (χ4v) is 3.97. The minimum Gasteiger partial charge on any atom is -0.467 e. The van der Waals surface area contributed by atoms with Crippen molar-refractivity contribution in [2.45, 2.75) is 20.4 Å². The first-order valence-corrected chi connectivity index (χ1v) is 10.6. The van der Waals surface area contributed by atoms with E-state index < -0.39 is 5.91 Å². The van der Waals surface area contributed by atoms with E-state index >= 15 is 0 Å². The van der Waals surface area contributed by atoms with Crippen molar-refractivity contribution in [3.63, 3.8) is 0 Å². The van der Waals surface area contributed by atoms with E-state index in [0.717, 1.165) is 11.1 Å². The average Bonchev–Trinajstić information content (AvgIpc) is 3.35. The number of hydrogen-bond donors (Lipinski definition) is 0. The van der Waals surface area contributed by atoms with E-state index in [1.165, 1.54) is 16.7 Å². The zero-order chi connectivity index (χ0) is 23.8. The summed E-state index contributed by atoms with van der Waals surface area (Å²) in [4.78, 5) is 35.6. The quantitative estimate of drug-likeness (QED) is 0.392. The third-order valence-electron chi connectivity index (χ3n) is 5.70. The topological polar surface area (TPSA) is 106 Å². The molecule has 5 rings (SSSR count). The van der Waals surface area contributed by atoms with Crippen LogP contribution in [0.15, 0.2) is 81.3 Å². The molecule has 0 atom stereocenters. The summed E-state index contributed by atoms with van der Waals surface area (Å²) in [5.41, 5.74) is 2.69. The number of fused-ring (bicyclic) bond motifs is 2. The van der Waals surface area contributed by atoms with Gasteiger partial charge in [-0.1, -0.05) is 24.3 Å². The highest BCUT2D eigenvalue weighted by Crippen LogP contribution is 2.15. The largest absolute Gasteiger partial charge is 0.467 e. The lowest BCUT2D eigenvalue weighted by molar-refractivity contribution is 0.0996. The molecular formula is C26H19N5O3. The first-order chi connectivity index (χ1) is 16.5. The second kappa shape index (κ2) is 8.30. The van der Waals surface area contributed by atoms with Crippen molar-refractivity contribution in [2.75, 3.05) is 0 Å². The maximum absolute atomic E-state index is 13.3. The van der Waals surface area contributed by atoms with Gasteiger partial charge in [-0.3, -0.25) is 14.0 Å². The molecule has 0 aliphatic rings. The lowest BCUT2D eigenvalue weighted by Gasteiger charge is -2.13. The Kier molecular flexibility index (Phi) is 5.15. The number of carbonyl (C=O) groups is 1. The van der Waals surface area contributed by atoms with Crippen LogP contribution in [0.3, 0.4) is 0 Å². The molecule has 4 heterocycles. The average molecular weight is 449 g/mol. The monoisotopic (exact) mass is 449 g/mol. The molecule has 1 aromatic carbocycles. The molecule has 1 amide bonds. The second-order valence-corrected chi connectivity index (χ2v) is 7.93. The Morgan fingerprint density at radius 3 is 2.62 bits per heavy atom. The van der Waals surface area contributed by atoms with Crippen molar-refractivity contribution in [1.29, 1.82) is 5.26 Å². The first kappa shape index (κ1) is 21.1. The fourth-order valence-electron chi connectivity index (χ4n) is 3.97. The van der Waals surface area contributed by atoms with Gasteiger partial charge in [-0.05, 0) is 55.3 Å². The number of hydrogen-bond acceptors (Lipinski definition) is 5. The van der Waals surface area contributed by atoms with Gasteiger partial charge in [0, 0.05) is 11.8 Å². The number of rotatable bonds is 3. The molecule has 0 spiro atoms. The molecular weight excluding hydrogens is 430 g/mol. The molecule has 8 nitrogen and oxygen atoms in total. The van der Waals surface area contributed by atoms with Crippen molar-refractivity contribution >= 4 is 22.6 Å².